The first-order valence-corrected chi connectivity index (χ1v) is 8.61. The van der Waals surface area contributed by atoms with Gasteiger partial charge < -0.3 is 9.32 Å². The van der Waals surface area contributed by atoms with E-state index in [1.807, 2.05) is 49.1 Å². The lowest BCUT2D eigenvalue weighted by molar-refractivity contribution is -0.129. The van der Waals surface area contributed by atoms with Gasteiger partial charge in [-0.3, -0.25) is 14.7 Å². The summed E-state index contributed by atoms with van der Waals surface area (Å²) < 4.78 is 5.71. The van der Waals surface area contributed by atoms with Gasteiger partial charge in [0.25, 0.3) is 0 Å². The molecule has 2 fully saturated rings. The number of furan rings is 1. The molecule has 2 aromatic heterocycles. The highest BCUT2D eigenvalue weighted by atomic mass is 16.3. The third-order valence-electron chi connectivity index (χ3n) is 5.16. The van der Waals surface area contributed by atoms with Gasteiger partial charge in [-0.25, -0.2) is 0 Å². The topological polar surface area (TPSA) is 49.6 Å². The number of aryl methyl sites for hydroxylation is 2. The molecule has 0 unspecified atom stereocenters. The third-order valence-corrected chi connectivity index (χ3v) is 5.16. The maximum Gasteiger partial charge on any atom is 0.224 e. The Kier molecular flexibility index (Phi) is 3.88. The number of carbonyl (C=O) groups excluding carboxylic acids is 1. The fourth-order valence-corrected chi connectivity index (χ4v) is 4.04. The van der Waals surface area contributed by atoms with Crippen LogP contribution in [0.5, 0.6) is 0 Å². The Hall–Kier alpha value is -2.14. The van der Waals surface area contributed by atoms with Crippen LogP contribution >= 0.6 is 0 Å². The van der Waals surface area contributed by atoms with E-state index in [1.54, 1.807) is 0 Å². The molecule has 0 N–H and O–H groups in total. The summed E-state index contributed by atoms with van der Waals surface area (Å²) in [5.74, 6) is 2.17. The van der Waals surface area contributed by atoms with Gasteiger partial charge in [0, 0.05) is 30.7 Å². The zero-order chi connectivity index (χ0) is 16.7. The summed E-state index contributed by atoms with van der Waals surface area (Å²) in [6.45, 7) is 6.38. The highest BCUT2D eigenvalue weighted by molar-refractivity contribution is 5.80. The Labute approximate surface area is 142 Å². The van der Waals surface area contributed by atoms with Gasteiger partial charge in [0.2, 0.25) is 5.91 Å². The molecule has 5 nitrogen and oxygen atoms in total. The van der Waals surface area contributed by atoms with E-state index in [1.165, 1.54) is 0 Å². The lowest BCUT2D eigenvalue weighted by Gasteiger charge is -2.25. The van der Waals surface area contributed by atoms with Gasteiger partial charge in [-0.2, -0.15) is 0 Å². The number of nitrogens with zero attached hydrogens (tertiary/aromatic N) is 3. The van der Waals surface area contributed by atoms with Crippen molar-refractivity contribution >= 4 is 5.91 Å². The predicted molar refractivity (Wildman–Crippen MR) is 90.2 cm³/mol. The minimum Gasteiger partial charge on any atom is -0.465 e. The Morgan fingerprint density at radius 3 is 2.79 bits per heavy atom. The molecule has 5 heteroatoms. The number of amides is 1. The van der Waals surface area contributed by atoms with E-state index in [2.05, 4.69) is 9.88 Å². The molecular weight excluding hydrogens is 302 g/mol. The van der Waals surface area contributed by atoms with Crippen molar-refractivity contribution in [1.82, 2.24) is 14.8 Å². The van der Waals surface area contributed by atoms with Crippen molar-refractivity contribution in [3.63, 3.8) is 0 Å². The van der Waals surface area contributed by atoms with Crippen molar-refractivity contribution in [2.45, 2.75) is 51.9 Å². The number of rotatable bonds is 4. The Morgan fingerprint density at radius 1 is 1.17 bits per heavy atom. The monoisotopic (exact) mass is 325 g/mol. The van der Waals surface area contributed by atoms with E-state index in [0.29, 0.717) is 25.0 Å². The van der Waals surface area contributed by atoms with Gasteiger partial charge in [0.05, 0.1) is 18.8 Å². The predicted octanol–water partition coefficient (Wildman–Crippen LogP) is 2.67. The summed E-state index contributed by atoms with van der Waals surface area (Å²) in [6.07, 6.45) is 1.64. The quantitative estimate of drug-likeness (QED) is 0.867. The molecule has 2 atom stereocenters. The van der Waals surface area contributed by atoms with E-state index < -0.39 is 0 Å². The average molecular weight is 325 g/mol. The summed E-state index contributed by atoms with van der Waals surface area (Å²) in [4.78, 5) is 21.5. The first-order valence-electron chi connectivity index (χ1n) is 8.61. The second-order valence-electron chi connectivity index (χ2n) is 6.90. The van der Waals surface area contributed by atoms with Gasteiger partial charge in [-0.05, 0) is 44.5 Å². The molecule has 0 radical (unpaired) electrons. The molecular formula is C19H23N3O2. The first-order chi connectivity index (χ1) is 11.6. The lowest BCUT2D eigenvalue weighted by Crippen LogP contribution is -2.36. The number of aromatic nitrogens is 1. The first kappa shape index (κ1) is 15.4. The van der Waals surface area contributed by atoms with Gasteiger partial charge in [0.1, 0.15) is 11.5 Å². The lowest BCUT2D eigenvalue weighted by atomic mass is 10.1. The minimum atomic E-state index is 0.244. The fraction of sp³-hybridized carbons (Fsp3) is 0.474. The van der Waals surface area contributed by atoms with Crippen LogP contribution in [0.15, 0.2) is 34.7 Å². The Balaban J connectivity index is 1.47. The van der Waals surface area contributed by atoms with Crippen LogP contribution in [0, 0.1) is 13.8 Å². The van der Waals surface area contributed by atoms with Crippen LogP contribution in [0.25, 0.3) is 0 Å². The number of likely N-dealkylation sites (tertiary alicyclic amines) is 2. The molecule has 0 bridgehead atoms. The van der Waals surface area contributed by atoms with Gasteiger partial charge in [0.15, 0.2) is 0 Å². The molecule has 2 saturated heterocycles. The maximum absolute atomic E-state index is 12.5. The molecule has 1 amide bonds. The van der Waals surface area contributed by atoms with E-state index in [9.17, 15) is 4.79 Å². The number of hydrogen-bond acceptors (Lipinski definition) is 4. The maximum atomic E-state index is 12.5. The second-order valence-corrected chi connectivity index (χ2v) is 6.90. The van der Waals surface area contributed by atoms with Crippen LogP contribution in [-0.2, 0) is 17.9 Å². The van der Waals surface area contributed by atoms with Crippen LogP contribution < -0.4 is 0 Å². The standard InChI is InChI=1S/C19H23N3O2/c1-13-4-3-5-15(20-13)11-22-17-8-9-21(18(17)10-19(22)23)12-16-7-6-14(2)24-16/h3-7,17-18H,8-12H2,1-2H3/t17-,18+/m0/s1. The van der Waals surface area contributed by atoms with Gasteiger partial charge in [-0.15, -0.1) is 0 Å². The highest BCUT2D eigenvalue weighted by Crippen LogP contribution is 2.34. The van der Waals surface area contributed by atoms with Crippen LogP contribution in [0.3, 0.4) is 0 Å². The Bertz CT molecular complexity index is 755. The van der Waals surface area contributed by atoms with Crippen molar-refractivity contribution in [3.8, 4) is 0 Å². The summed E-state index contributed by atoms with van der Waals surface area (Å²) in [5.41, 5.74) is 1.97. The largest absolute Gasteiger partial charge is 0.465 e. The zero-order valence-electron chi connectivity index (χ0n) is 14.2. The molecule has 2 aliphatic heterocycles. The van der Waals surface area contributed by atoms with E-state index in [-0.39, 0.29) is 5.91 Å². The molecule has 0 saturated carbocycles. The number of pyridine rings is 1. The van der Waals surface area contributed by atoms with Crippen molar-refractivity contribution in [2.75, 3.05) is 6.54 Å². The smallest absolute Gasteiger partial charge is 0.224 e. The van der Waals surface area contributed by atoms with Crippen molar-refractivity contribution in [2.24, 2.45) is 0 Å². The van der Waals surface area contributed by atoms with E-state index in [4.69, 9.17) is 4.42 Å². The molecule has 4 heterocycles. The van der Waals surface area contributed by atoms with E-state index in [0.717, 1.165) is 42.4 Å². The number of hydrogen-bond donors (Lipinski definition) is 0. The number of fused-ring (bicyclic) bond motifs is 1. The van der Waals surface area contributed by atoms with Gasteiger partial charge in [-0.1, -0.05) is 6.07 Å². The zero-order valence-corrected chi connectivity index (χ0v) is 14.2. The van der Waals surface area contributed by atoms with Crippen LogP contribution in [-0.4, -0.2) is 39.3 Å². The fourth-order valence-electron chi connectivity index (χ4n) is 4.04. The second kappa shape index (κ2) is 6.06. The highest BCUT2D eigenvalue weighted by Gasteiger charge is 2.46. The SMILES string of the molecule is Cc1cccc(CN2C(=O)C[C@@H]3[C@@H]2CCN3Cc2ccc(C)o2)n1. The summed E-state index contributed by atoms with van der Waals surface area (Å²) in [5, 5.41) is 0. The minimum absolute atomic E-state index is 0.244. The molecule has 0 aliphatic carbocycles. The molecule has 2 aliphatic rings. The molecule has 24 heavy (non-hydrogen) atoms. The molecule has 0 spiro atoms. The molecule has 2 aromatic rings. The molecule has 126 valence electrons. The van der Waals surface area contributed by atoms with Crippen molar-refractivity contribution < 1.29 is 9.21 Å². The normalized spacial score (nSPS) is 23.9. The van der Waals surface area contributed by atoms with E-state index >= 15 is 0 Å². The summed E-state index contributed by atoms with van der Waals surface area (Å²) in [7, 11) is 0. The summed E-state index contributed by atoms with van der Waals surface area (Å²) >= 11 is 0. The molecule has 0 aromatic carbocycles. The number of carbonyl (C=O) groups is 1. The van der Waals surface area contributed by atoms with Gasteiger partial charge >= 0.3 is 0 Å². The summed E-state index contributed by atoms with van der Waals surface area (Å²) in [6, 6.07) is 10.6. The molecule has 4 rings (SSSR count). The van der Waals surface area contributed by atoms with Crippen molar-refractivity contribution in [3.05, 3.63) is 53.2 Å². The van der Waals surface area contributed by atoms with Crippen molar-refractivity contribution in [1.29, 1.82) is 0 Å². The van der Waals surface area contributed by atoms with Crippen LogP contribution in [0.2, 0.25) is 0 Å². The Morgan fingerprint density at radius 2 is 2.04 bits per heavy atom. The van der Waals surface area contributed by atoms with Crippen LogP contribution in [0.1, 0.15) is 35.7 Å². The third kappa shape index (κ3) is 2.84. The average Bonchev–Trinajstić information content (AvgIpc) is 3.20. The van der Waals surface area contributed by atoms with Crippen LogP contribution in [0.4, 0.5) is 0 Å².